The largest absolute Gasteiger partial charge is 0.493 e. The molecule has 0 fully saturated rings. The normalized spacial score (nSPS) is 10.6. The number of benzene rings is 3. The second-order valence-electron chi connectivity index (χ2n) is 7.21. The number of carbonyl (C=O) groups is 1. The van der Waals surface area contributed by atoms with Gasteiger partial charge in [-0.2, -0.15) is 0 Å². The highest BCUT2D eigenvalue weighted by molar-refractivity contribution is 9.10. The average molecular weight is 468 g/mol. The molecule has 0 aliphatic carbocycles. The highest BCUT2D eigenvalue weighted by Crippen LogP contribution is 2.27. The maximum atomic E-state index is 12.7. The van der Waals surface area contributed by atoms with Crippen molar-refractivity contribution in [1.82, 2.24) is 0 Å². The zero-order valence-electron chi connectivity index (χ0n) is 17.7. The van der Waals surface area contributed by atoms with E-state index in [0.717, 1.165) is 38.3 Å². The molecule has 156 valence electrons. The van der Waals surface area contributed by atoms with E-state index in [1.54, 1.807) is 6.07 Å². The fourth-order valence-electron chi connectivity index (χ4n) is 3.17. The third kappa shape index (κ3) is 5.42. The van der Waals surface area contributed by atoms with Gasteiger partial charge in [-0.15, -0.1) is 0 Å². The Morgan fingerprint density at radius 2 is 1.67 bits per heavy atom. The van der Waals surface area contributed by atoms with E-state index in [4.69, 9.17) is 9.47 Å². The van der Waals surface area contributed by atoms with E-state index in [-0.39, 0.29) is 5.91 Å². The molecule has 1 N–H and O–H groups in total. The van der Waals surface area contributed by atoms with Crippen LogP contribution < -0.4 is 14.8 Å². The van der Waals surface area contributed by atoms with Crippen molar-refractivity contribution in [2.45, 2.75) is 34.3 Å². The van der Waals surface area contributed by atoms with Crippen molar-refractivity contribution in [3.63, 3.8) is 0 Å². The molecule has 3 aromatic carbocycles. The summed E-state index contributed by atoms with van der Waals surface area (Å²) in [5.74, 6) is 1.39. The Hall–Kier alpha value is -2.79. The Bertz CT molecular complexity index is 1050. The van der Waals surface area contributed by atoms with E-state index in [0.29, 0.717) is 18.8 Å². The monoisotopic (exact) mass is 467 g/mol. The number of carbonyl (C=O) groups excluding carboxylic acids is 1. The predicted octanol–water partition coefficient (Wildman–Crippen LogP) is 6.60. The fraction of sp³-hybridized carbons (Fsp3) is 0.240. The van der Waals surface area contributed by atoms with Crippen LogP contribution in [0.5, 0.6) is 11.5 Å². The van der Waals surface area contributed by atoms with Crippen LogP contribution >= 0.6 is 15.9 Å². The summed E-state index contributed by atoms with van der Waals surface area (Å²) in [6.45, 7) is 8.98. The first-order valence-electron chi connectivity index (χ1n) is 9.90. The number of anilines is 1. The molecule has 0 radical (unpaired) electrons. The maximum absolute atomic E-state index is 12.7. The van der Waals surface area contributed by atoms with Gasteiger partial charge in [-0.25, -0.2) is 0 Å². The minimum atomic E-state index is -0.177. The van der Waals surface area contributed by atoms with Crippen molar-refractivity contribution in [3.8, 4) is 11.5 Å². The van der Waals surface area contributed by atoms with E-state index in [9.17, 15) is 4.79 Å². The molecule has 3 aromatic rings. The summed E-state index contributed by atoms with van der Waals surface area (Å²) in [6, 6.07) is 17.1. The summed E-state index contributed by atoms with van der Waals surface area (Å²) < 4.78 is 12.8. The zero-order chi connectivity index (χ0) is 21.7. The lowest BCUT2D eigenvalue weighted by atomic mass is 10.1. The summed E-state index contributed by atoms with van der Waals surface area (Å²) in [5.41, 5.74) is 5.58. The van der Waals surface area contributed by atoms with Gasteiger partial charge in [-0.3, -0.25) is 4.79 Å². The molecule has 0 aliphatic rings. The topological polar surface area (TPSA) is 47.6 Å². The maximum Gasteiger partial charge on any atom is 0.255 e. The molecule has 0 aromatic heterocycles. The van der Waals surface area contributed by atoms with Crippen LogP contribution in [0.4, 0.5) is 5.69 Å². The number of rotatable bonds is 7. The Morgan fingerprint density at radius 1 is 0.933 bits per heavy atom. The minimum Gasteiger partial charge on any atom is -0.493 e. The van der Waals surface area contributed by atoms with Crippen molar-refractivity contribution in [2.24, 2.45) is 0 Å². The Morgan fingerprint density at radius 3 is 2.37 bits per heavy atom. The van der Waals surface area contributed by atoms with Gasteiger partial charge >= 0.3 is 0 Å². The van der Waals surface area contributed by atoms with E-state index >= 15 is 0 Å². The molecule has 0 heterocycles. The summed E-state index contributed by atoms with van der Waals surface area (Å²) >= 11 is 3.40. The summed E-state index contributed by atoms with van der Waals surface area (Å²) in [4.78, 5) is 12.7. The molecule has 1 amide bonds. The van der Waals surface area contributed by atoms with E-state index < -0.39 is 0 Å². The van der Waals surface area contributed by atoms with Crippen LogP contribution in [-0.2, 0) is 6.61 Å². The smallest absolute Gasteiger partial charge is 0.255 e. The van der Waals surface area contributed by atoms with E-state index in [2.05, 4.69) is 48.1 Å². The van der Waals surface area contributed by atoms with Gasteiger partial charge in [0.2, 0.25) is 0 Å². The van der Waals surface area contributed by atoms with Crippen molar-refractivity contribution in [2.75, 3.05) is 11.9 Å². The number of hydrogen-bond donors (Lipinski definition) is 1. The zero-order valence-corrected chi connectivity index (χ0v) is 19.3. The Balaban J connectivity index is 1.82. The number of halogens is 1. The van der Waals surface area contributed by atoms with E-state index in [1.165, 1.54) is 5.56 Å². The number of nitrogens with one attached hydrogen (secondary N) is 1. The second-order valence-corrected chi connectivity index (χ2v) is 8.13. The Kier molecular flexibility index (Phi) is 7.16. The van der Waals surface area contributed by atoms with Crippen LogP contribution in [0.1, 0.15) is 39.5 Å². The number of ether oxygens (including phenoxy) is 2. The second kappa shape index (κ2) is 9.81. The number of amides is 1. The molecule has 0 aliphatic heterocycles. The van der Waals surface area contributed by atoms with Gasteiger partial charge in [-0.05, 0) is 92.9 Å². The standard InChI is InChI=1S/C25H26BrNO3/c1-5-29-23-11-6-19(25(28)27-22-9-7-21(26)8-10-22)14-20(23)15-30-24-13-16(2)12-17(3)18(24)4/h6-14H,5,15H2,1-4H3,(H,27,28). The van der Waals surface area contributed by atoms with Crippen molar-refractivity contribution >= 4 is 27.5 Å². The molecular weight excluding hydrogens is 442 g/mol. The van der Waals surface area contributed by atoms with Crippen LogP contribution in [0, 0.1) is 20.8 Å². The summed E-state index contributed by atoms with van der Waals surface area (Å²) in [7, 11) is 0. The van der Waals surface area contributed by atoms with Gasteiger partial charge in [0.15, 0.2) is 0 Å². The Labute approximate surface area is 186 Å². The molecular formula is C25H26BrNO3. The van der Waals surface area contributed by atoms with Gasteiger partial charge in [0, 0.05) is 21.3 Å². The van der Waals surface area contributed by atoms with E-state index in [1.807, 2.05) is 49.4 Å². The average Bonchev–Trinajstić information content (AvgIpc) is 2.72. The van der Waals surface area contributed by atoms with Crippen molar-refractivity contribution in [1.29, 1.82) is 0 Å². The summed E-state index contributed by atoms with van der Waals surface area (Å²) in [6.07, 6.45) is 0. The van der Waals surface area contributed by atoms with Gasteiger partial charge in [0.25, 0.3) is 5.91 Å². The highest BCUT2D eigenvalue weighted by atomic mass is 79.9. The van der Waals surface area contributed by atoms with Crippen molar-refractivity contribution in [3.05, 3.63) is 86.9 Å². The third-order valence-corrected chi connectivity index (χ3v) is 5.40. The molecule has 0 saturated carbocycles. The van der Waals surface area contributed by atoms with Gasteiger partial charge in [0.1, 0.15) is 18.1 Å². The van der Waals surface area contributed by atoms with Crippen LogP contribution in [-0.4, -0.2) is 12.5 Å². The number of aryl methyl sites for hydroxylation is 2. The molecule has 5 heteroatoms. The first kappa shape index (κ1) is 21.9. The van der Waals surface area contributed by atoms with Crippen molar-refractivity contribution < 1.29 is 14.3 Å². The van der Waals surface area contributed by atoms with Gasteiger partial charge < -0.3 is 14.8 Å². The molecule has 30 heavy (non-hydrogen) atoms. The molecule has 0 bridgehead atoms. The summed E-state index contributed by atoms with van der Waals surface area (Å²) in [5, 5.41) is 2.92. The predicted molar refractivity (Wildman–Crippen MR) is 125 cm³/mol. The SMILES string of the molecule is CCOc1ccc(C(=O)Nc2ccc(Br)cc2)cc1COc1cc(C)cc(C)c1C. The van der Waals surface area contributed by atoms with Crippen LogP contribution in [0.15, 0.2) is 59.1 Å². The molecule has 0 atom stereocenters. The lowest BCUT2D eigenvalue weighted by molar-refractivity contribution is 0.102. The van der Waals surface area contributed by atoms with Crippen LogP contribution in [0.2, 0.25) is 0 Å². The van der Waals surface area contributed by atoms with Gasteiger partial charge in [0.05, 0.1) is 6.61 Å². The molecule has 0 spiro atoms. The molecule has 4 nitrogen and oxygen atoms in total. The van der Waals surface area contributed by atoms with Crippen LogP contribution in [0.3, 0.4) is 0 Å². The third-order valence-electron chi connectivity index (χ3n) is 4.87. The quantitative estimate of drug-likeness (QED) is 0.425. The minimum absolute atomic E-state index is 0.177. The molecule has 3 rings (SSSR count). The lowest BCUT2D eigenvalue weighted by Gasteiger charge is -2.16. The fourth-order valence-corrected chi connectivity index (χ4v) is 3.44. The first-order chi connectivity index (χ1) is 14.4. The first-order valence-corrected chi connectivity index (χ1v) is 10.7. The van der Waals surface area contributed by atoms with Gasteiger partial charge in [-0.1, -0.05) is 22.0 Å². The molecule has 0 saturated heterocycles. The highest BCUT2D eigenvalue weighted by Gasteiger charge is 2.13. The lowest BCUT2D eigenvalue weighted by Crippen LogP contribution is -2.13. The van der Waals surface area contributed by atoms with Crippen LogP contribution in [0.25, 0.3) is 0 Å². The molecule has 0 unspecified atom stereocenters. The number of hydrogen-bond acceptors (Lipinski definition) is 3.